The van der Waals surface area contributed by atoms with E-state index < -0.39 is 0 Å². The van der Waals surface area contributed by atoms with Crippen LogP contribution in [0.5, 0.6) is 5.75 Å². The number of para-hydroxylation sites is 1. The fourth-order valence-corrected chi connectivity index (χ4v) is 2.94. The van der Waals surface area contributed by atoms with Crippen molar-refractivity contribution in [2.75, 3.05) is 11.9 Å². The molecule has 1 heterocycles. The molecular weight excluding hydrogens is 394 g/mol. The Kier molecular flexibility index (Phi) is 5.84. The molecule has 0 aliphatic carbocycles. The van der Waals surface area contributed by atoms with Gasteiger partial charge in [-0.25, -0.2) is 0 Å². The molecule has 4 rings (SSSR count). The summed E-state index contributed by atoms with van der Waals surface area (Å²) >= 11 is 0. The third-order valence-corrected chi connectivity index (χ3v) is 4.51. The molecular formula is C24H19N3O4. The van der Waals surface area contributed by atoms with Gasteiger partial charge in [-0.1, -0.05) is 47.6 Å². The van der Waals surface area contributed by atoms with E-state index in [9.17, 15) is 9.59 Å². The van der Waals surface area contributed by atoms with E-state index in [-0.39, 0.29) is 18.3 Å². The summed E-state index contributed by atoms with van der Waals surface area (Å²) in [5, 5.41) is 6.77. The number of carbonyl (C=O) groups is 2. The molecule has 1 N–H and O–H groups in total. The smallest absolute Gasteiger partial charge is 0.262 e. The van der Waals surface area contributed by atoms with Gasteiger partial charge in [-0.15, -0.1) is 0 Å². The number of hydrogen-bond donors (Lipinski definition) is 1. The Bertz CT molecular complexity index is 1200. The van der Waals surface area contributed by atoms with E-state index in [0.717, 1.165) is 5.56 Å². The van der Waals surface area contributed by atoms with Gasteiger partial charge in [0.25, 0.3) is 11.8 Å². The van der Waals surface area contributed by atoms with E-state index in [2.05, 4.69) is 15.5 Å². The van der Waals surface area contributed by atoms with Crippen molar-refractivity contribution in [2.24, 2.45) is 0 Å². The third kappa shape index (κ3) is 4.84. The lowest BCUT2D eigenvalue weighted by atomic mass is 10.1. The van der Waals surface area contributed by atoms with Gasteiger partial charge in [-0.05, 0) is 43.3 Å². The number of ketones is 1. The molecule has 0 aliphatic heterocycles. The Hall–Kier alpha value is -4.26. The molecule has 0 aliphatic rings. The Labute approximate surface area is 178 Å². The van der Waals surface area contributed by atoms with Crippen molar-refractivity contribution in [3.63, 3.8) is 0 Å². The number of ether oxygens (including phenoxy) is 1. The molecule has 154 valence electrons. The van der Waals surface area contributed by atoms with E-state index in [1.807, 2.05) is 36.4 Å². The van der Waals surface area contributed by atoms with Crippen LogP contribution in [0.2, 0.25) is 0 Å². The highest BCUT2D eigenvalue weighted by atomic mass is 16.5. The van der Waals surface area contributed by atoms with Crippen LogP contribution in [-0.2, 0) is 4.79 Å². The quantitative estimate of drug-likeness (QED) is 0.444. The molecule has 3 aromatic carbocycles. The number of amides is 1. The highest BCUT2D eigenvalue weighted by Gasteiger charge is 2.15. The van der Waals surface area contributed by atoms with Gasteiger partial charge in [-0.3, -0.25) is 9.59 Å². The fourth-order valence-electron chi connectivity index (χ4n) is 2.94. The Morgan fingerprint density at radius 2 is 1.65 bits per heavy atom. The molecule has 0 saturated carbocycles. The summed E-state index contributed by atoms with van der Waals surface area (Å²) in [6.07, 6.45) is 0. The molecule has 4 aromatic rings. The van der Waals surface area contributed by atoms with Crippen LogP contribution < -0.4 is 10.1 Å². The summed E-state index contributed by atoms with van der Waals surface area (Å²) in [6, 6.07) is 23.3. The molecule has 0 fully saturated rings. The Morgan fingerprint density at radius 3 is 2.39 bits per heavy atom. The second-order valence-electron chi connectivity index (χ2n) is 6.76. The van der Waals surface area contributed by atoms with Crippen molar-refractivity contribution in [3.8, 4) is 28.6 Å². The minimum atomic E-state index is -0.333. The highest BCUT2D eigenvalue weighted by molar-refractivity contribution is 5.96. The zero-order valence-corrected chi connectivity index (χ0v) is 16.7. The summed E-state index contributed by atoms with van der Waals surface area (Å²) in [6.45, 7) is 1.29. The maximum absolute atomic E-state index is 12.3. The first-order valence-corrected chi connectivity index (χ1v) is 9.62. The maximum atomic E-state index is 12.3. The van der Waals surface area contributed by atoms with E-state index >= 15 is 0 Å². The number of aromatic nitrogens is 2. The molecule has 0 unspecified atom stereocenters. The average Bonchev–Trinajstić information content (AvgIpc) is 3.29. The number of carbonyl (C=O) groups excluding carboxylic acids is 2. The standard InChI is InChI=1S/C24H19N3O4/c1-16(28)17-11-13-19(14-12-17)25-22(29)15-30-21-10-6-5-9-20(21)24-26-23(27-31-24)18-7-3-2-4-8-18/h2-14H,15H2,1H3,(H,25,29). The van der Waals surface area contributed by atoms with Crippen molar-refractivity contribution in [3.05, 3.63) is 84.4 Å². The summed E-state index contributed by atoms with van der Waals surface area (Å²) in [5.74, 6) is 0.856. The lowest BCUT2D eigenvalue weighted by Gasteiger charge is -2.10. The Morgan fingerprint density at radius 1 is 0.935 bits per heavy atom. The van der Waals surface area contributed by atoms with Gasteiger partial charge in [0, 0.05) is 16.8 Å². The normalized spacial score (nSPS) is 10.5. The number of rotatable bonds is 7. The van der Waals surface area contributed by atoms with Crippen LogP contribution in [0.4, 0.5) is 5.69 Å². The molecule has 1 aromatic heterocycles. The molecule has 0 radical (unpaired) electrons. The van der Waals surface area contributed by atoms with Crippen molar-refractivity contribution < 1.29 is 18.8 Å². The minimum absolute atomic E-state index is 0.0331. The first kappa shape index (κ1) is 20.0. The van der Waals surface area contributed by atoms with Crippen LogP contribution in [-0.4, -0.2) is 28.4 Å². The summed E-state index contributed by atoms with van der Waals surface area (Å²) in [5.41, 5.74) is 2.59. The third-order valence-electron chi connectivity index (χ3n) is 4.51. The predicted octanol–water partition coefficient (Wildman–Crippen LogP) is 4.62. The zero-order chi connectivity index (χ0) is 21.6. The van der Waals surface area contributed by atoms with E-state index in [1.165, 1.54) is 6.92 Å². The average molecular weight is 413 g/mol. The molecule has 0 atom stereocenters. The summed E-state index contributed by atoms with van der Waals surface area (Å²) in [7, 11) is 0. The predicted molar refractivity (Wildman–Crippen MR) is 116 cm³/mol. The number of anilines is 1. The molecule has 0 saturated heterocycles. The van der Waals surface area contributed by atoms with Crippen molar-refractivity contribution in [2.45, 2.75) is 6.92 Å². The molecule has 31 heavy (non-hydrogen) atoms. The van der Waals surface area contributed by atoms with Crippen LogP contribution in [0.3, 0.4) is 0 Å². The van der Waals surface area contributed by atoms with Gasteiger partial charge in [0.15, 0.2) is 12.4 Å². The number of benzene rings is 3. The summed E-state index contributed by atoms with van der Waals surface area (Å²) < 4.78 is 11.1. The van der Waals surface area contributed by atoms with Gasteiger partial charge in [0.2, 0.25) is 5.82 Å². The topological polar surface area (TPSA) is 94.3 Å². The van der Waals surface area contributed by atoms with Crippen LogP contribution in [0.25, 0.3) is 22.8 Å². The SMILES string of the molecule is CC(=O)c1ccc(NC(=O)COc2ccccc2-c2nc(-c3ccccc3)no2)cc1. The van der Waals surface area contributed by atoms with Gasteiger partial charge >= 0.3 is 0 Å². The first-order valence-electron chi connectivity index (χ1n) is 9.62. The molecule has 7 nitrogen and oxygen atoms in total. The second-order valence-corrected chi connectivity index (χ2v) is 6.76. The van der Waals surface area contributed by atoms with E-state index in [0.29, 0.717) is 34.3 Å². The number of hydrogen-bond acceptors (Lipinski definition) is 6. The molecule has 0 spiro atoms. The van der Waals surface area contributed by atoms with Crippen LogP contribution in [0.1, 0.15) is 17.3 Å². The zero-order valence-electron chi connectivity index (χ0n) is 16.7. The lowest BCUT2D eigenvalue weighted by molar-refractivity contribution is -0.118. The monoisotopic (exact) mass is 413 g/mol. The number of nitrogens with zero attached hydrogens (tertiary/aromatic N) is 2. The number of nitrogens with one attached hydrogen (secondary N) is 1. The maximum Gasteiger partial charge on any atom is 0.262 e. The summed E-state index contributed by atoms with van der Waals surface area (Å²) in [4.78, 5) is 28.1. The van der Waals surface area contributed by atoms with Gasteiger partial charge in [0.05, 0.1) is 5.56 Å². The van der Waals surface area contributed by atoms with Crippen molar-refractivity contribution >= 4 is 17.4 Å². The largest absolute Gasteiger partial charge is 0.483 e. The van der Waals surface area contributed by atoms with Gasteiger partial charge < -0.3 is 14.6 Å². The van der Waals surface area contributed by atoms with Crippen LogP contribution >= 0.6 is 0 Å². The fraction of sp³-hybridized carbons (Fsp3) is 0.0833. The van der Waals surface area contributed by atoms with Crippen molar-refractivity contribution in [1.29, 1.82) is 0 Å². The minimum Gasteiger partial charge on any atom is -0.483 e. The van der Waals surface area contributed by atoms with Crippen LogP contribution in [0.15, 0.2) is 83.4 Å². The van der Waals surface area contributed by atoms with E-state index in [4.69, 9.17) is 9.26 Å². The Balaban J connectivity index is 1.44. The first-order chi connectivity index (χ1) is 15.1. The molecule has 1 amide bonds. The number of Topliss-reactive ketones (excluding diaryl/α,β-unsaturated/α-hetero) is 1. The van der Waals surface area contributed by atoms with E-state index in [1.54, 1.807) is 42.5 Å². The molecule has 0 bridgehead atoms. The second kappa shape index (κ2) is 9.04. The highest BCUT2D eigenvalue weighted by Crippen LogP contribution is 2.30. The van der Waals surface area contributed by atoms with Crippen LogP contribution in [0, 0.1) is 0 Å². The van der Waals surface area contributed by atoms with Crippen molar-refractivity contribution in [1.82, 2.24) is 10.1 Å². The molecule has 7 heteroatoms. The van der Waals surface area contributed by atoms with Gasteiger partial charge in [-0.2, -0.15) is 4.98 Å². The van der Waals surface area contributed by atoms with Gasteiger partial charge in [0.1, 0.15) is 5.75 Å². The lowest BCUT2D eigenvalue weighted by Crippen LogP contribution is -2.20.